The molecule has 0 fully saturated rings. The number of ether oxygens (including phenoxy) is 1. The van der Waals surface area contributed by atoms with Gasteiger partial charge in [0.15, 0.2) is 46.6 Å². The lowest BCUT2D eigenvalue weighted by molar-refractivity contribution is 0.394. The van der Waals surface area contributed by atoms with E-state index in [4.69, 9.17) is 40.0 Å². The van der Waals surface area contributed by atoms with Gasteiger partial charge in [-0.2, -0.15) is 0 Å². The van der Waals surface area contributed by atoms with Crippen LogP contribution in [0.15, 0.2) is 285 Å². The molecule has 0 aliphatic carbocycles. The average Bonchev–Trinajstić information content (AvgIpc) is 1.65. The number of benzene rings is 5. The fraction of sp³-hybridized carbons (Fsp3) is 0.113. The molecule has 0 saturated heterocycles. The molecular weight excluding hydrogens is 1650 g/mol. The standard InChI is InChI=1S/C26H20N6S.C24H18F2N6.C24H22N6OS.C23H20N6S/c1-17-13-19(15-27-14-17)25-30-26(28-16-23-29-21-9-5-6-10-22(21)33-23)24-20(11-12-32(24)31-25)18-7-3-2-4-8-18;1-15-11-16(13-27-12-15)23-30-24(29-14-21-20(26)7-4-9-28-21)22-18(8-10-32(22)31-23)17-5-2-3-6-19(17)25;1-15-11-18(12-26-24(15)31-3)22-28-23(25-13-20-27-16(2)14-32-20)21-19(9-10-30(21)29-22)17-7-5-4-6-8-17;1-15-10-18(12-24-11-15)22-27-23(25-13-20-26-16(2)14-30-20)21-19(8-9-29(21)28-22)17-6-4-3-5-7-17/h2-15H,16H2,1H3,(H,28,30,31);2-13H,14H2,1H3,(H,29,30,31);4-12,14H,13H2,1-3H3,(H,25,28,29);3-12,14H,13H2,1-2H3,(H,25,27,28). The van der Waals surface area contributed by atoms with Crippen LogP contribution in [0.5, 0.6) is 5.88 Å². The van der Waals surface area contributed by atoms with Gasteiger partial charge in [-0.05, 0) is 154 Å². The number of methoxy groups -OCH3 is 1. The maximum atomic E-state index is 14.6. The first-order valence-corrected chi connectivity index (χ1v) is 43.2. The highest BCUT2D eigenvalue weighted by molar-refractivity contribution is 7.18. The van der Waals surface area contributed by atoms with Crippen LogP contribution in [0, 0.1) is 53.2 Å². The SMILES string of the molecule is COc1ncc(-c2nc(NCc3nc(C)cs3)c3c(-c4ccccc4)ccn3n2)cc1C.Cc1cncc(-c2nc(NCc3nc(C)cs3)c3c(-c4ccccc4)ccn3n2)c1.Cc1cncc(-c2nc(NCc3nc4ccccc4s3)c3c(-c4ccccc4)ccn3n2)c1.Cc1cncc(-c2nc(NCc3ncccc3F)c3c(-c4ccccc4F)ccn3n2)c1. The molecule has 25 nitrogen and oxygen atoms in total. The number of rotatable bonds is 21. The van der Waals surface area contributed by atoms with Crippen molar-refractivity contribution in [3.8, 4) is 95.9 Å². The quantitative estimate of drug-likeness (QED) is 0.0520. The molecule has 626 valence electrons. The van der Waals surface area contributed by atoms with Crippen molar-refractivity contribution in [3.05, 3.63) is 351 Å². The minimum absolute atomic E-state index is 0.104. The number of aryl methyl sites for hydroxylation is 6. The summed E-state index contributed by atoms with van der Waals surface area (Å²) in [7, 11) is 1.62. The Morgan fingerprint density at radius 3 is 1.15 bits per heavy atom. The number of fused-ring (bicyclic) bond motifs is 5. The van der Waals surface area contributed by atoms with Gasteiger partial charge in [-0.15, -0.1) is 54.4 Å². The number of para-hydroxylation sites is 1. The second-order valence-corrected chi connectivity index (χ2v) is 32.8. The molecule has 0 saturated carbocycles. The number of anilines is 4. The molecule has 0 unspecified atom stereocenters. The molecular formula is C97H80F2N24OS3. The van der Waals surface area contributed by atoms with Gasteiger partial charge in [0.1, 0.15) is 48.7 Å². The topological polar surface area (TPSA) is 281 Å². The Morgan fingerprint density at radius 2 is 0.740 bits per heavy atom. The number of aromatic nitrogens is 20. The number of pyridine rings is 5. The largest absolute Gasteiger partial charge is 0.481 e. The number of hydrogen-bond donors (Lipinski definition) is 4. The lowest BCUT2D eigenvalue weighted by Gasteiger charge is -2.12. The van der Waals surface area contributed by atoms with Crippen LogP contribution in [-0.4, -0.2) is 105 Å². The van der Waals surface area contributed by atoms with Gasteiger partial charge < -0.3 is 26.0 Å². The molecule has 30 heteroatoms. The van der Waals surface area contributed by atoms with E-state index in [2.05, 4.69) is 138 Å². The zero-order valence-electron chi connectivity index (χ0n) is 69.8. The van der Waals surface area contributed by atoms with E-state index in [1.165, 1.54) is 29.1 Å². The monoisotopic (exact) mass is 1730 g/mol. The maximum Gasteiger partial charge on any atom is 0.215 e. The molecule has 4 N–H and O–H groups in total. The van der Waals surface area contributed by atoms with Crippen LogP contribution in [0.25, 0.3) is 122 Å². The van der Waals surface area contributed by atoms with E-state index in [0.29, 0.717) is 71.3 Å². The number of nitrogens with one attached hydrogen (secondary N) is 4. The molecule has 16 aromatic heterocycles. The highest BCUT2D eigenvalue weighted by Gasteiger charge is 2.23. The summed E-state index contributed by atoms with van der Waals surface area (Å²) in [6.07, 6.45) is 21.6. The normalized spacial score (nSPS) is 11.2. The zero-order chi connectivity index (χ0) is 86.9. The molecule has 0 radical (unpaired) electrons. The molecule has 0 aliphatic heterocycles. The summed E-state index contributed by atoms with van der Waals surface area (Å²) in [5, 5.41) is 39.8. The Labute approximate surface area is 739 Å². The number of hydrogen-bond acceptors (Lipinski definition) is 24. The summed E-state index contributed by atoms with van der Waals surface area (Å²) in [5.41, 5.74) is 21.7. The first-order chi connectivity index (χ1) is 62.1. The van der Waals surface area contributed by atoms with Crippen LogP contribution in [0.2, 0.25) is 0 Å². The Hall–Kier alpha value is -15.7. The van der Waals surface area contributed by atoms with Gasteiger partial charge in [0.05, 0.1) is 49.2 Å². The minimum atomic E-state index is -0.419. The molecule has 0 bridgehead atoms. The molecule has 0 spiro atoms. The third-order valence-corrected chi connectivity index (χ3v) is 23.5. The molecule has 21 aromatic rings. The Balaban J connectivity index is 0.000000115. The van der Waals surface area contributed by atoms with E-state index >= 15 is 0 Å². The van der Waals surface area contributed by atoms with Gasteiger partial charge in [0.2, 0.25) is 5.88 Å². The summed E-state index contributed by atoms with van der Waals surface area (Å²) in [6, 6.07) is 64.5. The lowest BCUT2D eigenvalue weighted by Crippen LogP contribution is -2.09. The van der Waals surface area contributed by atoms with Crippen molar-refractivity contribution in [1.29, 1.82) is 0 Å². The smallest absolute Gasteiger partial charge is 0.215 e. The van der Waals surface area contributed by atoms with Crippen LogP contribution in [0.4, 0.5) is 32.1 Å². The van der Waals surface area contributed by atoms with E-state index in [9.17, 15) is 8.78 Å². The number of halogens is 2. The summed E-state index contributed by atoms with van der Waals surface area (Å²) in [5.74, 6) is 4.84. The van der Waals surface area contributed by atoms with Crippen LogP contribution >= 0.6 is 34.0 Å². The Morgan fingerprint density at radius 1 is 0.346 bits per heavy atom. The first kappa shape index (κ1) is 82.3. The fourth-order valence-corrected chi connectivity index (χ4v) is 16.9. The third-order valence-electron chi connectivity index (χ3n) is 20.5. The van der Waals surface area contributed by atoms with Crippen molar-refractivity contribution in [2.75, 3.05) is 28.4 Å². The maximum absolute atomic E-state index is 14.6. The zero-order valence-corrected chi connectivity index (χ0v) is 72.2. The average molecular weight is 1730 g/mol. The summed E-state index contributed by atoms with van der Waals surface area (Å²) < 4.78 is 42.5. The molecule has 0 aliphatic rings. The molecule has 16 heterocycles. The van der Waals surface area contributed by atoms with Crippen molar-refractivity contribution < 1.29 is 13.5 Å². The Kier molecular flexibility index (Phi) is 24.1. The van der Waals surface area contributed by atoms with Gasteiger partial charge >= 0.3 is 0 Å². The molecule has 0 atom stereocenters. The molecule has 5 aromatic carbocycles. The van der Waals surface area contributed by atoms with Crippen molar-refractivity contribution in [2.45, 2.75) is 67.7 Å². The second kappa shape index (κ2) is 37.2. The van der Waals surface area contributed by atoms with E-state index in [0.717, 1.165) is 144 Å². The van der Waals surface area contributed by atoms with Crippen molar-refractivity contribution in [2.24, 2.45) is 0 Å². The first-order valence-electron chi connectivity index (χ1n) is 40.6. The van der Waals surface area contributed by atoms with Gasteiger partial charge in [-0.1, -0.05) is 121 Å². The van der Waals surface area contributed by atoms with Gasteiger partial charge in [0, 0.05) is 152 Å². The highest BCUT2D eigenvalue weighted by atomic mass is 32.1. The minimum Gasteiger partial charge on any atom is -0.481 e. The van der Waals surface area contributed by atoms with Crippen molar-refractivity contribution in [3.63, 3.8) is 0 Å². The van der Waals surface area contributed by atoms with Gasteiger partial charge in [0.25, 0.3) is 0 Å². The van der Waals surface area contributed by atoms with E-state index in [-0.39, 0.29) is 18.1 Å². The molecule has 21 rings (SSSR count). The summed E-state index contributed by atoms with van der Waals surface area (Å²) >= 11 is 4.97. The second-order valence-electron chi connectivity index (χ2n) is 29.8. The number of thiazole rings is 3. The predicted molar refractivity (Wildman–Crippen MR) is 499 cm³/mol. The van der Waals surface area contributed by atoms with Crippen LogP contribution in [0.1, 0.15) is 54.4 Å². The van der Waals surface area contributed by atoms with E-state index in [1.54, 1.807) is 107 Å². The van der Waals surface area contributed by atoms with E-state index in [1.807, 2.05) is 183 Å². The predicted octanol–water partition coefficient (Wildman–Crippen LogP) is 21.3. The van der Waals surface area contributed by atoms with Crippen molar-refractivity contribution >= 4 is 89.6 Å². The summed E-state index contributed by atoms with van der Waals surface area (Å²) in [4.78, 5) is 54.6. The molecule has 127 heavy (non-hydrogen) atoms. The fourth-order valence-electron chi connectivity index (χ4n) is 14.6. The number of nitrogens with zero attached hydrogens (tertiary/aromatic N) is 20. The van der Waals surface area contributed by atoms with Crippen LogP contribution in [-0.2, 0) is 26.2 Å². The summed E-state index contributed by atoms with van der Waals surface area (Å²) in [6.45, 7) is 13.8. The lowest BCUT2D eigenvalue weighted by atomic mass is 10.1. The molecule has 0 amide bonds. The van der Waals surface area contributed by atoms with E-state index < -0.39 is 5.82 Å². The highest BCUT2D eigenvalue weighted by Crippen LogP contribution is 2.38. The third kappa shape index (κ3) is 18.5. The van der Waals surface area contributed by atoms with Gasteiger partial charge in [-0.25, -0.2) is 66.7 Å². The van der Waals surface area contributed by atoms with Crippen LogP contribution < -0.4 is 26.0 Å². The van der Waals surface area contributed by atoms with Gasteiger partial charge in [-0.3, -0.25) is 19.9 Å². The Bertz CT molecular complexity index is 7470. The van der Waals surface area contributed by atoms with Crippen molar-refractivity contribution in [1.82, 2.24) is 98.3 Å². The van der Waals surface area contributed by atoms with Crippen LogP contribution in [0.3, 0.4) is 0 Å².